The van der Waals surface area contributed by atoms with Gasteiger partial charge in [-0.1, -0.05) is 11.6 Å². The van der Waals surface area contributed by atoms with Gasteiger partial charge in [0.25, 0.3) is 5.91 Å². The number of nitrogens with zero attached hydrogens (tertiary/aromatic N) is 1. The fraction of sp³-hybridized carbons (Fsp3) is 0.286. The van der Waals surface area contributed by atoms with E-state index in [0.29, 0.717) is 34.7 Å². The van der Waals surface area contributed by atoms with E-state index < -0.39 is 21.4 Å². The predicted octanol–water partition coefficient (Wildman–Crippen LogP) is 4.84. The maximum atomic E-state index is 13.2. The third kappa shape index (κ3) is 6.40. The van der Waals surface area contributed by atoms with Crippen LogP contribution in [0.5, 0.6) is 5.75 Å². The Hall–Kier alpha value is -3.27. The van der Waals surface area contributed by atoms with Gasteiger partial charge in [0, 0.05) is 35.3 Å². The molecule has 38 heavy (non-hydrogen) atoms. The fourth-order valence-electron chi connectivity index (χ4n) is 4.14. The zero-order chi connectivity index (χ0) is 27.5. The summed E-state index contributed by atoms with van der Waals surface area (Å²) in [7, 11) is -3.73. The average molecular weight is 559 g/mol. The van der Waals surface area contributed by atoms with Crippen LogP contribution in [-0.4, -0.2) is 49.1 Å². The molecule has 7 nitrogen and oxygen atoms in total. The van der Waals surface area contributed by atoms with Gasteiger partial charge in [0.05, 0.1) is 4.90 Å². The molecule has 10 heteroatoms. The highest BCUT2D eigenvalue weighted by Gasteiger charge is 2.34. The molecule has 1 aliphatic rings. The van der Waals surface area contributed by atoms with Crippen molar-refractivity contribution >= 4 is 33.3 Å². The molecule has 0 spiro atoms. The molecular weight excluding hydrogens is 531 g/mol. The first-order valence-electron chi connectivity index (χ1n) is 12.1. The largest absolute Gasteiger partial charge is 0.478 e. The molecule has 0 unspecified atom stereocenters. The Morgan fingerprint density at radius 2 is 1.45 bits per heavy atom. The summed E-state index contributed by atoms with van der Waals surface area (Å²) in [6.45, 7) is 3.75. The Bertz CT molecular complexity index is 1400. The average Bonchev–Trinajstić information content (AvgIpc) is 2.89. The Labute approximate surface area is 226 Å². The molecule has 200 valence electrons. The van der Waals surface area contributed by atoms with Gasteiger partial charge in [-0.25, -0.2) is 12.8 Å². The van der Waals surface area contributed by atoms with Crippen LogP contribution in [0, 0.1) is 5.82 Å². The molecule has 0 aliphatic carbocycles. The second-order valence-corrected chi connectivity index (χ2v) is 12.0. The Morgan fingerprint density at radius 1 is 0.921 bits per heavy atom. The first-order valence-corrected chi connectivity index (χ1v) is 13.9. The molecule has 0 saturated carbocycles. The van der Waals surface area contributed by atoms with Crippen LogP contribution >= 0.6 is 11.6 Å². The number of benzene rings is 3. The summed E-state index contributed by atoms with van der Waals surface area (Å²) >= 11 is 5.89. The Balaban J connectivity index is 1.31. The lowest BCUT2D eigenvalue weighted by Gasteiger charge is -2.34. The van der Waals surface area contributed by atoms with E-state index >= 15 is 0 Å². The lowest BCUT2D eigenvalue weighted by Crippen LogP contribution is -2.53. The summed E-state index contributed by atoms with van der Waals surface area (Å²) in [6, 6.07) is 17.7. The van der Waals surface area contributed by atoms with Crippen molar-refractivity contribution in [2.24, 2.45) is 0 Å². The molecule has 3 aromatic carbocycles. The lowest BCUT2D eigenvalue weighted by molar-refractivity contribution is -0.135. The molecule has 0 radical (unpaired) electrons. The van der Waals surface area contributed by atoms with Crippen molar-refractivity contribution in [3.63, 3.8) is 0 Å². The molecule has 4 rings (SSSR count). The van der Waals surface area contributed by atoms with E-state index in [2.05, 4.69) is 5.32 Å². The summed E-state index contributed by atoms with van der Waals surface area (Å²) in [6.07, 6.45) is 0.869. The van der Waals surface area contributed by atoms with Crippen molar-refractivity contribution in [3.05, 3.63) is 94.8 Å². The van der Waals surface area contributed by atoms with Crippen LogP contribution in [-0.2, 0) is 14.8 Å². The second kappa shape index (κ2) is 11.2. The lowest BCUT2D eigenvalue weighted by atomic mass is 10.0. The molecular formula is C28H28ClFN2O5S. The number of ketones is 1. The molecule has 1 saturated heterocycles. The van der Waals surface area contributed by atoms with Gasteiger partial charge in [-0.2, -0.15) is 4.31 Å². The normalized spacial score (nSPS) is 15.2. The van der Waals surface area contributed by atoms with Crippen molar-refractivity contribution in [3.8, 4) is 5.75 Å². The van der Waals surface area contributed by atoms with E-state index in [9.17, 15) is 22.4 Å². The zero-order valence-electron chi connectivity index (χ0n) is 21.0. The summed E-state index contributed by atoms with van der Waals surface area (Å²) in [5.74, 6) is -0.563. The summed E-state index contributed by atoms with van der Waals surface area (Å²) in [4.78, 5) is 25.7. The number of nitrogens with one attached hydrogen (secondary N) is 1. The monoisotopic (exact) mass is 558 g/mol. The van der Waals surface area contributed by atoms with E-state index in [0.717, 1.165) is 12.1 Å². The minimum atomic E-state index is -3.73. The number of carbonyl (C=O) groups is 2. The van der Waals surface area contributed by atoms with Crippen molar-refractivity contribution in [2.45, 2.75) is 43.2 Å². The standard InChI is InChI=1S/C28H28ClFN2O5S/c1-28(2,37-24-11-5-20(6-12-24)26(33)19-3-7-21(29)8-4-19)27(34)31-23-15-17-32(18-16-23)38(35,36)25-13-9-22(30)10-14-25/h3-14,23H,15-18H2,1-2H3,(H,31,34). The van der Waals surface area contributed by atoms with Crippen LogP contribution < -0.4 is 10.1 Å². The zero-order valence-corrected chi connectivity index (χ0v) is 22.6. The molecule has 1 aliphatic heterocycles. The highest BCUT2D eigenvalue weighted by Crippen LogP contribution is 2.24. The van der Waals surface area contributed by atoms with Crippen LogP contribution in [0.1, 0.15) is 42.6 Å². The van der Waals surface area contributed by atoms with E-state index in [1.165, 1.54) is 16.4 Å². The van der Waals surface area contributed by atoms with Gasteiger partial charge in [-0.3, -0.25) is 9.59 Å². The highest BCUT2D eigenvalue weighted by molar-refractivity contribution is 7.89. The van der Waals surface area contributed by atoms with Gasteiger partial charge in [-0.15, -0.1) is 0 Å². The molecule has 0 atom stereocenters. The number of piperidine rings is 1. The van der Waals surface area contributed by atoms with Gasteiger partial charge in [0.2, 0.25) is 10.0 Å². The SMILES string of the molecule is CC(C)(Oc1ccc(C(=O)c2ccc(Cl)cc2)cc1)C(=O)NC1CCN(S(=O)(=O)c2ccc(F)cc2)CC1. The molecule has 0 bridgehead atoms. The van der Waals surface area contributed by atoms with E-state index in [1.54, 1.807) is 62.4 Å². The molecule has 1 fully saturated rings. The number of hydrogen-bond acceptors (Lipinski definition) is 5. The number of sulfonamides is 1. The molecule has 1 N–H and O–H groups in total. The minimum Gasteiger partial charge on any atom is -0.478 e. The smallest absolute Gasteiger partial charge is 0.263 e. The van der Waals surface area contributed by atoms with Crippen molar-refractivity contribution in [2.75, 3.05) is 13.1 Å². The number of hydrogen-bond donors (Lipinski definition) is 1. The van der Waals surface area contributed by atoms with Gasteiger partial charge in [0.1, 0.15) is 11.6 Å². The van der Waals surface area contributed by atoms with Crippen LogP contribution in [0.25, 0.3) is 0 Å². The van der Waals surface area contributed by atoms with Gasteiger partial charge < -0.3 is 10.1 Å². The maximum absolute atomic E-state index is 13.2. The maximum Gasteiger partial charge on any atom is 0.263 e. The fourth-order valence-corrected chi connectivity index (χ4v) is 5.73. The minimum absolute atomic E-state index is 0.0387. The van der Waals surface area contributed by atoms with Crippen molar-refractivity contribution in [1.82, 2.24) is 9.62 Å². The molecule has 1 heterocycles. The van der Waals surface area contributed by atoms with Gasteiger partial charge >= 0.3 is 0 Å². The third-order valence-electron chi connectivity index (χ3n) is 6.38. The molecule has 1 amide bonds. The highest BCUT2D eigenvalue weighted by atomic mass is 35.5. The van der Waals surface area contributed by atoms with Crippen molar-refractivity contribution in [1.29, 1.82) is 0 Å². The third-order valence-corrected chi connectivity index (χ3v) is 8.55. The Morgan fingerprint density at radius 3 is 2.00 bits per heavy atom. The van der Waals surface area contributed by atoms with Crippen molar-refractivity contribution < 1.29 is 27.1 Å². The van der Waals surface area contributed by atoms with E-state index in [4.69, 9.17) is 16.3 Å². The summed E-state index contributed by atoms with van der Waals surface area (Å²) < 4.78 is 46.1. The first kappa shape index (κ1) is 27.8. The second-order valence-electron chi connectivity index (χ2n) is 9.58. The first-order chi connectivity index (χ1) is 18.0. The number of rotatable bonds is 8. The number of halogens is 2. The van der Waals surface area contributed by atoms with Crippen LogP contribution in [0.4, 0.5) is 4.39 Å². The van der Waals surface area contributed by atoms with E-state index in [1.807, 2.05) is 0 Å². The topological polar surface area (TPSA) is 92.8 Å². The quantitative estimate of drug-likeness (QED) is 0.400. The van der Waals surface area contributed by atoms with Crippen LogP contribution in [0.3, 0.4) is 0 Å². The molecule has 3 aromatic rings. The molecule has 0 aromatic heterocycles. The predicted molar refractivity (Wildman–Crippen MR) is 142 cm³/mol. The van der Waals surface area contributed by atoms with Crippen LogP contribution in [0.15, 0.2) is 77.7 Å². The Kier molecular flexibility index (Phi) is 8.20. The summed E-state index contributed by atoms with van der Waals surface area (Å²) in [5, 5.41) is 3.50. The van der Waals surface area contributed by atoms with Gasteiger partial charge in [0.15, 0.2) is 11.4 Å². The van der Waals surface area contributed by atoms with E-state index in [-0.39, 0.29) is 35.7 Å². The summed E-state index contributed by atoms with van der Waals surface area (Å²) in [5.41, 5.74) is -0.220. The number of ether oxygens (including phenoxy) is 1. The number of carbonyl (C=O) groups excluding carboxylic acids is 2. The van der Waals surface area contributed by atoms with Crippen LogP contribution in [0.2, 0.25) is 5.02 Å². The number of amides is 1. The van der Waals surface area contributed by atoms with Gasteiger partial charge in [-0.05, 0) is 99.5 Å².